The number of imidazole rings is 1. The third-order valence-corrected chi connectivity index (χ3v) is 3.00. The lowest BCUT2D eigenvalue weighted by Crippen LogP contribution is -2.16. The molecule has 1 aromatic heterocycles. The molecule has 0 aliphatic carbocycles. The second kappa shape index (κ2) is 4.80. The SMILES string of the molecule is Cc1ccc2nc(-c3ccc(OC(F)(F)F)cc3)[nH]c2c1. The highest BCUT2D eigenvalue weighted by molar-refractivity contribution is 5.80. The van der Waals surface area contributed by atoms with E-state index in [0.717, 1.165) is 16.6 Å². The van der Waals surface area contributed by atoms with Gasteiger partial charge in [-0.05, 0) is 48.9 Å². The minimum atomic E-state index is -4.68. The Labute approximate surface area is 118 Å². The van der Waals surface area contributed by atoms with Gasteiger partial charge in [0.15, 0.2) is 0 Å². The summed E-state index contributed by atoms with van der Waals surface area (Å²) in [6, 6.07) is 11.4. The number of H-pyrrole nitrogens is 1. The minimum absolute atomic E-state index is 0.252. The molecule has 3 rings (SSSR count). The molecule has 1 heterocycles. The van der Waals surface area contributed by atoms with Crippen LogP contribution in [0.4, 0.5) is 13.2 Å². The summed E-state index contributed by atoms with van der Waals surface area (Å²) in [4.78, 5) is 7.56. The molecular formula is C15H11F3N2O. The Balaban J connectivity index is 1.91. The van der Waals surface area contributed by atoms with Gasteiger partial charge < -0.3 is 9.72 Å². The number of nitrogens with zero attached hydrogens (tertiary/aromatic N) is 1. The summed E-state index contributed by atoms with van der Waals surface area (Å²) in [5.41, 5.74) is 3.50. The first-order valence-corrected chi connectivity index (χ1v) is 6.23. The number of ether oxygens (including phenoxy) is 1. The molecule has 2 aromatic carbocycles. The van der Waals surface area contributed by atoms with E-state index < -0.39 is 6.36 Å². The third-order valence-electron chi connectivity index (χ3n) is 3.00. The summed E-state index contributed by atoms with van der Waals surface area (Å²) >= 11 is 0. The first kappa shape index (κ1) is 13.5. The molecule has 3 nitrogen and oxygen atoms in total. The van der Waals surface area contributed by atoms with Crippen LogP contribution in [0.15, 0.2) is 42.5 Å². The van der Waals surface area contributed by atoms with E-state index in [1.165, 1.54) is 24.3 Å². The van der Waals surface area contributed by atoms with Crippen LogP contribution in [0.1, 0.15) is 5.56 Å². The first-order chi connectivity index (χ1) is 9.90. The maximum atomic E-state index is 12.1. The summed E-state index contributed by atoms with van der Waals surface area (Å²) in [6.45, 7) is 1.98. The third kappa shape index (κ3) is 2.99. The van der Waals surface area contributed by atoms with Gasteiger partial charge in [0, 0.05) is 5.56 Å². The lowest BCUT2D eigenvalue weighted by Gasteiger charge is -2.08. The zero-order valence-corrected chi connectivity index (χ0v) is 11.0. The van der Waals surface area contributed by atoms with Crippen molar-refractivity contribution in [2.75, 3.05) is 0 Å². The van der Waals surface area contributed by atoms with E-state index in [1.807, 2.05) is 25.1 Å². The zero-order valence-electron chi connectivity index (χ0n) is 11.0. The highest BCUT2D eigenvalue weighted by atomic mass is 19.4. The first-order valence-electron chi connectivity index (χ1n) is 6.23. The fourth-order valence-electron chi connectivity index (χ4n) is 2.07. The number of alkyl halides is 3. The lowest BCUT2D eigenvalue weighted by atomic mass is 10.2. The van der Waals surface area contributed by atoms with Gasteiger partial charge in [0.1, 0.15) is 11.6 Å². The van der Waals surface area contributed by atoms with Gasteiger partial charge in [-0.15, -0.1) is 13.2 Å². The average Bonchev–Trinajstić information content (AvgIpc) is 2.80. The van der Waals surface area contributed by atoms with E-state index in [-0.39, 0.29) is 5.75 Å². The van der Waals surface area contributed by atoms with Crippen molar-refractivity contribution in [2.24, 2.45) is 0 Å². The van der Waals surface area contributed by atoms with Crippen LogP contribution in [0.2, 0.25) is 0 Å². The summed E-state index contributed by atoms with van der Waals surface area (Å²) in [6.07, 6.45) is -4.68. The van der Waals surface area contributed by atoms with Gasteiger partial charge in [0.05, 0.1) is 11.0 Å². The maximum absolute atomic E-state index is 12.1. The van der Waals surface area contributed by atoms with Gasteiger partial charge in [0.25, 0.3) is 0 Å². The van der Waals surface area contributed by atoms with Crippen molar-refractivity contribution < 1.29 is 17.9 Å². The molecule has 1 N–H and O–H groups in total. The van der Waals surface area contributed by atoms with Gasteiger partial charge in [-0.2, -0.15) is 0 Å². The molecule has 0 aliphatic rings. The molecule has 0 saturated carbocycles. The molecule has 6 heteroatoms. The van der Waals surface area contributed by atoms with Gasteiger partial charge in [0.2, 0.25) is 0 Å². The monoisotopic (exact) mass is 292 g/mol. The standard InChI is InChI=1S/C15H11F3N2O/c1-9-2-7-12-13(8-9)20-14(19-12)10-3-5-11(6-4-10)21-15(16,17)18/h2-8H,1H3,(H,19,20). The highest BCUT2D eigenvalue weighted by Gasteiger charge is 2.30. The largest absolute Gasteiger partial charge is 0.573 e. The van der Waals surface area contributed by atoms with Crippen molar-refractivity contribution in [3.63, 3.8) is 0 Å². The molecule has 0 spiro atoms. The number of halogens is 3. The predicted molar refractivity (Wildman–Crippen MR) is 72.9 cm³/mol. The second-order valence-electron chi connectivity index (χ2n) is 4.68. The van der Waals surface area contributed by atoms with Gasteiger partial charge in [-0.25, -0.2) is 4.98 Å². The number of aromatic nitrogens is 2. The average molecular weight is 292 g/mol. The number of hydrogen-bond acceptors (Lipinski definition) is 2. The Morgan fingerprint density at radius 3 is 2.43 bits per heavy atom. The molecular weight excluding hydrogens is 281 g/mol. The van der Waals surface area contributed by atoms with E-state index in [4.69, 9.17) is 0 Å². The molecule has 21 heavy (non-hydrogen) atoms. The summed E-state index contributed by atoms with van der Waals surface area (Å²) < 4.78 is 40.1. The fraction of sp³-hybridized carbons (Fsp3) is 0.133. The van der Waals surface area contributed by atoms with Crippen LogP contribution < -0.4 is 4.74 Å². The molecule has 0 radical (unpaired) electrons. The van der Waals surface area contributed by atoms with Crippen molar-refractivity contribution in [1.29, 1.82) is 0 Å². The lowest BCUT2D eigenvalue weighted by molar-refractivity contribution is -0.274. The molecule has 0 bridgehead atoms. The van der Waals surface area contributed by atoms with Crippen LogP contribution in [0.3, 0.4) is 0 Å². The summed E-state index contributed by atoms with van der Waals surface area (Å²) in [5, 5.41) is 0. The van der Waals surface area contributed by atoms with Crippen LogP contribution in [-0.4, -0.2) is 16.3 Å². The Kier molecular flexibility index (Phi) is 3.08. The van der Waals surface area contributed by atoms with Crippen LogP contribution in [0.25, 0.3) is 22.4 Å². The van der Waals surface area contributed by atoms with Crippen LogP contribution in [-0.2, 0) is 0 Å². The van der Waals surface area contributed by atoms with Crippen molar-refractivity contribution in [3.8, 4) is 17.1 Å². The quantitative estimate of drug-likeness (QED) is 0.758. The Hall–Kier alpha value is -2.50. The Bertz CT molecular complexity index is 776. The Morgan fingerprint density at radius 1 is 1.05 bits per heavy atom. The molecule has 0 fully saturated rings. The van der Waals surface area contributed by atoms with Crippen molar-refractivity contribution in [2.45, 2.75) is 13.3 Å². The number of hydrogen-bond donors (Lipinski definition) is 1. The number of rotatable bonds is 2. The zero-order chi connectivity index (χ0) is 15.0. The molecule has 3 aromatic rings. The topological polar surface area (TPSA) is 37.9 Å². The number of aromatic amines is 1. The molecule has 0 unspecified atom stereocenters. The van der Waals surface area contributed by atoms with Crippen LogP contribution in [0, 0.1) is 6.92 Å². The number of benzene rings is 2. The minimum Gasteiger partial charge on any atom is -0.406 e. The summed E-state index contributed by atoms with van der Waals surface area (Å²) in [5.74, 6) is 0.354. The van der Waals surface area contributed by atoms with E-state index in [2.05, 4.69) is 14.7 Å². The predicted octanol–water partition coefficient (Wildman–Crippen LogP) is 4.44. The highest BCUT2D eigenvalue weighted by Crippen LogP contribution is 2.26. The van der Waals surface area contributed by atoms with E-state index in [0.29, 0.717) is 11.4 Å². The van der Waals surface area contributed by atoms with E-state index in [1.54, 1.807) is 0 Å². The second-order valence-corrected chi connectivity index (χ2v) is 4.68. The molecule has 0 saturated heterocycles. The Morgan fingerprint density at radius 2 is 1.76 bits per heavy atom. The molecule has 0 amide bonds. The van der Waals surface area contributed by atoms with Crippen LogP contribution >= 0.6 is 0 Å². The fourth-order valence-corrected chi connectivity index (χ4v) is 2.07. The van der Waals surface area contributed by atoms with E-state index in [9.17, 15) is 13.2 Å². The number of aryl methyl sites for hydroxylation is 1. The van der Waals surface area contributed by atoms with Gasteiger partial charge in [-0.3, -0.25) is 0 Å². The summed E-state index contributed by atoms with van der Waals surface area (Å²) in [7, 11) is 0. The molecule has 108 valence electrons. The van der Waals surface area contributed by atoms with Crippen molar-refractivity contribution in [3.05, 3.63) is 48.0 Å². The number of fused-ring (bicyclic) bond motifs is 1. The molecule has 0 atom stereocenters. The van der Waals surface area contributed by atoms with E-state index >= 15 is 0 Å². The number of nitrogens with one attached hydrogen (secondary N) is 1. The van der Waals surface area contributed by atoms with Gasteiger partial charge >= 0.3 is 6.36 Å². The normalized spacial score (nSPS) is 11.8. The molecule has 0 aliphatic heterocycles. The van der Waals surface area contributed by atoms with Crippen LogP contribution in [0.5, 0.6) is 5.75 Å². The smallest absolute Gasteiger partial charge is 0.406 e. The van der Waals surface area contributed by atoms with Crippen molar-refractivity contribution in [1.82, 2.24) is 9.97 Å². The van der Waals surface area contributed by atoms with Crippen molar-refractivity contribution >= 4 is 11.0 Å². The maximum Gasteiger partial charge on any atom is 0.573 e. The van der Waals surface area contributed by atoms with Gasteiger partial charge in [-0.1, -0.05) is 6.07 Å².